The fourth-order valence-electron chi connectivity index (χ4n) is 1.68. The molecule has 0 fully saturated rings. The van der Waals surface area contributed by atoms with Gasteiger partial charge in [-0.3, -0.25) is 0 Å². The number of hydrogen-bond acceptors (Lipinski definition) is 3. The van der Waals surface area contributed by atoms with E-state index in [1.165, 1.54) is 18.2 Å². The number of nitrogens with zero attached hydrogens (tertiary/aromatic N) is 1. The minimum Gasteiger partial charge on any atom is -0.477 e. The van der Waals surface area contributed by atoms with Gasteiger partial charge in [-0.1, -0.05) is 46.9 Å². The first-order valence-electron chi connectivity index (χ1n) is 6.18. The van der Waals surface area contributed by atoms with Gasteiger partial charge >= 0.3 is 5.97 Å². The van der Waals surface area contributed by atoms with E-state index in [0.717, 1.165) is 0 Å². The van der Waals surface area contributed by atoms with Crippen LogP contribution in [-0.2, 0) is 4.79 Å². The number of benzene rings is 2. The molecule has 23 heavy (non-hydrogen) atoms. The maximum absolute atomic E-state index is 10.8. The van der Waals surface area contributed by atoms with E-state index in [1.807, 2.05) is 0 Å². The number of rotatable bonds is 4. The molecule has 0 radical (unpaired) electrons. The molecular formula is C16H8Cl3NO3. The monoisotopic (exact) mass is 367 g/mol. The van der Waals surface area contributed by atoms with Crippen molar-refractivity contribution in [2.45, 2.75) is 0 Å². The van der Waals surface area contributed by atoms with Crippen LogP contribution in [0.1, 0.15) is 5.56 Å². The zero-order chi connectivity index (χ0) is 17.0. The van der Waals surface area contributed by atoms with Crippen LogP contribution in [0.3, 0.4) is 0 Å². The zero-order valence-corrected chi connectivity index (χ0v) is 13.7. The minimum atomic E-state index is -1.28. The minimum absolute atomic E-state index is 0.268. The molecule has 0 atom stereocenters. The maximum Gasteiger partial charge on any atom is 0.346 e. The molecule has 116 valence electrons. The lowest BCUT2D eigenvalue weighted by atomic mass is 10.1. The summed E-state index contributed by atoms with van der Waals surface area (Å²) < 4.78 is 5.60. The molecule has 7 heteroatoms. The maximum atomic E-state index is 10.8. The van der Waals surface area contributed by atoms with Gasteiger partial charge in [0.25, 0.3) is 0 Å². The molecule has 0 bridgehead atoms. The standard InChI is InChI=1S/C16H8Cl3NO3/c17-11-6-13(18)15(14(19)7-11)23-12-3-1-9(2-4-12)5-10(8-20)16(21)22/h1-7H,(H,21,22). The Morgan fingerprint density at radius 1 is 1.13 bits per heavy atom. The van der Waals surface area contributed by atoms with Crippen molar-refractivity contribution >= 4 is 46.8 Å². The molecule has 1 N–H and O–H groups in total. The van der Waals surface area contributed by atoms with E-state index < -0.39 is 5.97 Å². The average Bonchev–Trinajstić information content (AvgIpc) is 2.49. The van der Waals surface area contributed by atoms with Crippen molar-refractivity contribution in [3.8, 4) is 17.6 Å². The van der Waals surface area contributed by atoms with Crippen LogP contribution >= 0.6 is 34.8 Å². The summed E-state index contributed by atoms with van der Waals surface area (Å²) in [6.07, 6.45) is 1.26. The molecule has 0 aliphatic heterocycles. The van der Waals surface area contributed by atoms with Crippen molar-refractivity contribution in [2.75, 3.05) is 0 Å². The quantitative estimate of drug-likeness (QED) is 0.577. The lowest BCUT2D eigenvalue weighted by Gasteiger charge is -2.10. The van der Waals surface area contributed by atoms with Crippen molar-refractivity contribution in [3.63, 3.8) is 0 Å². The number of hydrogen-bond donors (Lipinski definition) is 1. The number of nitriles is 1. The molecule has 2 aromatic rings. The predicted molar refractivity (Wildman–Crippen MR) is 89.2 cm³/mol. The Morgan fingerprint density at radius 2 is 1.70 bits per heavy atom. The first-order valence-corrected chi connectivity index (χ1v) is 7.31. The lowest BCUT2D eigenvalue weighted by molar-refractivity contribution is -0.132. The molecule has 0 amide bonds. The molecular weight excluding hydrogens is 361 g/mol. The molecule has 0 aliphatic carbocycles. The van der Waals surface area contributed by atoms with Crippen molar-refractivity contribution in [2.24, 2.45) is 0 Å². The molecule has 0 saturated carbocycles. The molecule has 0 heterocycles. The van der Waals surface area contributed by atoms with Gasteiger partial charge in [0.1, 0.15) is 17.4 Å². The van der Waals surface area contributed by atoms with Crippen LogP contribution in [0.4, 0.5) is 0 Å². The first kappa shape index (κ1) is 17.2. The molecule has 0 spiro atoms. The summed E-state index contributed by atoms with van der Waals surface area (Å²) >= 11 is 17.9. The molecule has 2 aromatic carbocycles. The fourth-order valence-corrected chi connectivity index (χ4v) is 2.58. The number of aliphatic carboxylic acids is 1. The third kappa shape index (κ3) is 4.40. The van der Waals surface area contributed by atoms with E-state index in [1.54, 1.807) is 30.3 Å². The second kappa shape index (κ2) is 7.38. The van der Waals surface area contributed by atoms with Crippen molar-refractivity contribution in [1.82, 2.24) is 0 Å². The van der Waals surface area contributed by atoms with E-state index in [-0.39, 0.29) is 21.4 Å². The number of ether oxygens (including phenoxy) is 1. The summed E-state index contributed by atoms with van der Waals surface area (Å²) in [7, 11) is 0. The summed E-state index contributed by atoms with van der Waals surface area (Å²) in [6.45, 7) is 0. The van der Waals surface area contributed by atoms with Gasteiger partial charge in [0.05, 0.1) is 10.0 Å². The zero-order valence-electron chi connectivity index (χ0n) is 11.4. The Bertz CT molecular complexity index is 800. The fraction of sp³-hybridized carbons (Fsp3) is 0. The third-order valence-corrected chi connectivity index (χ3v) is 3.50. The summed E-state index contributed by atoms with van der Waals surface area (Å²) in [6, 6.07) is 11.0. The summed E-state index contributed by atoms with van der Waals surface area (Å²) in [4.78, 5) is 10.8. The van der Waals surface area contributed by atoms with E-state index in [4.69, 9.17) is 49.9 Å². The van der Waals surface area contributed by atoms with E-state index in [0.29, 0.717) is 16.3 Å². The predicted octanol–water partition coefficient (Wildman–Crippen LogP) is 5.43. The van der Waals surface area contributed by atoms with Crippen LogP contribution < -0.4 is 4.74 Å². The SMILES string of the molecule is N#CC(=Cc1ccc(Oc2c(Cl)cc(Cl)cc2Cl)cc1)C(=O)O. The highest BCUT2D eigenvalue weighted by molar-refractivity contribution is 6.40. The van der Waals surface area contributed by atoms with Gasteiger partial charge in [-0.25, -0.2) is 4.79 Å². The summed E-state index contributed by atoms with van der Waals surface area (Å²) in [5.41, 5.74) is 0.187. The molecule has 0 unspecified atom stereocenters. The molecule has 2 rings (SSSR count). The topological polar surface area (TPSA) is 70.3 Å². The van der Waals surface area contributed by atoms with E-state index >= 15 is 0 Å². The van der Waals surface area contributed by atoms with Gasteiger partial charge in [-0.15, -0.1) is 0 Å². The Labute approximate surface area is 147 Å². The van der Waals surface area contributed by atoms with Gasteiger partial charge in [-0.2, -0.15) is 5.26 Å². The van der Waals surface area contributed by atoms with Gasteiger partial charge in [0.15, 0.2) is 5.75 Å². The van der Waals surface area contributed by atoms with Crippen molar-refractivity contribution in [3.05, 3.63) is 62.6 Å². The van der Waals surface area contributed by atoms with Crippen LogP contribution in [0.15, 0.2) is 42.0 Å². The number of carboxylic acids is 1. The number of carbonyl (C=O) groups is 1. The Morgan fingerprint density at radius 3 is 2.17 bits per heavy atom. The van der Waals surface area contributed by atoms with Crippen molar-refractivity contribution < 1.29 is 14.6 Å². The first-order chi connectivity index (χ1) is 10.9. The smallest absolute Gasteiger partial charge is 0.346 e. The Balaban J connectivity index is 2.25. The van der Waals surface area contributed by atoms with Crippen LogP contribution in [0.25, 0.3) is 6.08 Å². The molecule has 4 nitrogen and oxygen atoms in total. The average molecular weight is 369 g/mol. The normalized spacial score (nSPS) is 11.0. The van der Waals surface area contributed by atoms with Crippen LogP contribution in [0.2, 0.25) is 15.1 Å². The van der Waals surface area contributed by atoms with Crippen LogP contribution in [0, 0.1) is 11.3 Å². The second-order valence-corrected chi connectivity index (χ2v) is 5.60. The van der Waals surface area contributed by atoms with Crippen molar-refractivity contribution in [1.29, 1.82) is 5.26 Å². The highest BCUT2D eigenvalue weighted by Gasteiger charge is 2.11. The summed E-state index contributed by atoms with van der Waals surface area (Å²) in [5, 5.41) is 18.5. The molecule has 0 aliphatic rings. The summed E-state index contributed by atoms with van der Waals surface area (Å²) in [5.74, 6) is -0.570. The number of halogens is 3. The Hall–Kier alpha value is -2.19. The third-order valence-electron chi connectivity index (χ3n) is 2.72. The van der Waals surface area contributed by atoms with Gasteiger partial charge in [-0.05, 0) is 35.9 Å². The largest absolute Gasteiger partial charge is 0.477 e. The highest BCUT2D eigenvalue weighted by Crippen LogP contribution is 2.38. The lowest BCUT2D eigenvalue weighted by Crippen LogP contribution is -1.97. The van der Waals surface area contributed by atoms with Gasteiger partial charge < -0.3 is 9.84 Å². The molecule has 0 saturated heterocycles. The second-order valence-electron chi connectivity index (χ2n) is 4.34. The Kier molecular flexibility index (Phi) is 5.51. The van der Waals surface area contributed by atoms with Crippen LogP contribution in [-0.4, -0.2) is 11.1 Å². The number of carboxylic acid groups (broad SMARTS) is 1. The van der Waals surface area contributed by atoms with Gasteiger partial charge in [0, 0.05) is 5.02 Å². The van der Waals surface area contributed by atoms with E-state index in [9.17, 15) is 4.79 Å². The van der Waals surface area contributed by atoms with Gasteiger partial charge in [0.2, 0.25) is 0 Å². The highest BCUT2D eigenvalue weighted by atomic mass is 35.5. The van der Waals surface area contributed by atoms with Crippen LogP contribution in [0.5, 0.6) is 11.5 Å². The van der Waals surface area contributed by atoms with E-state index in [2.05, 4.69) is 0 Å². The molecule has 0 aromatic heterocycles.